The van der Waals surface area contributed by atoms with Crippen LogP contribution in [-0.2, 0) is 4.74 Å². The molecule has 0 unspecified atom stereocenters. The summed E-state index contributed by atoms with van der Waals surface area (Å²) >= 11 is 1.04. The molecule has 6 nitrogen and oxygen atoms in total. The monoisotopic (exact) mass is 333 g/mol. The lowest BCUT2D eigenvalue weighted by atomic mass is 10.1. The summed E-state index contributed by atoms with van der Waals surface area (Å²) < 4.78 is 17.8. The summed E-state index contributed by atoms with van der Waals surface area (Å²) in [5.41, 5.74) is 1.38. The number of fused-ring (bicyclic) bond motifs is 1. The third-order valence-electron chi connectivity index (χ3n) is 3.28. The zero-order chi connectivity index (χ0) is 16.6. The zero-order valence-corrected chi connectivity index (χ0v) is 13.1. The van der Waals surface area contributed by atoms with E-state index in [4.69, 9.17) is 0 Å². The second-order valence-electron chi connectivity index (χ2n) is 4.77. The summed E-state index contributed by atoms with van der Waals surface area (Å²) in [7, 11) is 1.28. The molecule has 0 saturated carbocycles. The molecule has 0 fully saturated rings. The first kappa shape index (κ1) is 15.2. The molecule has 0 saturated heterocycles. The van der Waals surface area contributed by atoms with Crippen LogP contribution in [0.1, 0.15) is 25.7 Å². The minimum Gasteiger partial charge on any atom is -0.465 e. The zero-order valence-electron chi connectivity index (χ0n) is 12.3. The number of aromatic nitrogens is 2. The average Bonchev–Trinajstić information content (AvgIpc) is 3.09. The van der Waals surface area contributed by atoms with Crippen molar-refractivity contribution in [3.63, 3.8) is 0 Å². The highest BCUT2D eigenvalue weighted by Gasteiger charge is 2.19. The van der Waals surface area contributed by atoms with E-state index in [1.54, 1.807) is 6.92 Å². The number of carbonyl (C=O) groups is 2. The first-order chi connectivity index (χ1) is 11.0. The van der Waals surface area contributed by atoms with Gasteiger partial charge in [0.25, 0.3) is 5.91 Å². The van der Waals surface area contributed by atoms with Crippen molar-refractivity contribution in [1.82, 2.24) is 9.97 Å². The van der Waals surface area contributed by atoms with Crippen molar-refractivity contribution in [2.45, 2.75) is 6.92 Å². The van der Waals surface area contributed by atoms with E-state index >= 15 is 0 Å². The van der Waals surface area contributed by atoms with Crippen molar-refractivity contribution in [2.24, 2.45) is 0 Å². The number of esters is 1. The summed E-state index contributed by atoms with van der Waals surface area (Å²) in [6, 6.07) is 4.13. The number of nitrogens with one attached hydrogen (secondary N) is 2. The normalized spacial score (nSPS) is 10.7. The number of hydrogen-bond donors (Lipinski definition) is 2. The van der Waals surface area contributed by atoms with E-state index in [0.29, 0.717) is 32.2 Å². The van der Waals surface area contributed by atoms with Crippen molar-refractivity contribution in [1.29, 1.82) is 0 Å². The Labute approximate surface area is 134 Å². The van der Waals surface area contributed by atoms with Gasteiger partial charge in [-0.25, -0.2) is 14.2 Å². The van der Waals surface area contributed by atoms with Gasteiger partial charge in [0.1, 0.15) is 10.7 Å². The molecule has 0 atom stereocenters. The van der Waals surface area contributed by atoms with Crippen LogP contribution >= 0.6 is 11.3 Å². The van der Waals surface area contributed by atoms with Gasteiger partial charge in [0.2, 0.25) is 0 Å². The lowest BCUT2D eigenvalue weighted by molar-refractivity contribution is 0.0605. The van der Waals surface area contributed by atoms with Crippen LogP contribution in [-0.4, -0.2) is 29.0 Å². The van der Waals surface area contributed by atoms with Crippen LogP contribution in [0.3, 0.4) is 0 Å². The van der Waals surface area contributed by atoms with Crippen molar-refractivity contribution >= 4 is 39.2 Å². The van der Waals surface area contributed by atoms with E-state index in [9.17, 15) is 14.0 Å². The maximum atomic E-state index is 13.2. The molecule has 2 heterocycles. The van der Waals surface area contributed by atoms with E-state index in [1.807, 2.05) is 0 Å². The van der Waals surface area contributed by atoms with Crippen molar-refractivity contribution in [3.05, 3.63) is 46.3 Å². The molecule has 0 aliphatic rings. The summed E-state index contributed by atoms with van der Waals surface area (Å²) in [6.45, 7) is 1.66. The minimum atomic E-state index is -0.497. The first-order valence-electron chi connectivity index (χ1n) is 6.63. The Balaban J connectivity index is 1.88. The molecule has 0 bridgehead atoms. The Morgan fingerprint density at radius 2 is 2.17 bits per heavy atom. The predicted molar refractivity (Wildman–Crippen MR) is 84.4 cm³/mol. The Hall–Kier alpha value is -2.74. The Kier molecular flexibility index (Phi) is 3.83. The number of nitrogens with zero attached hydrogens (tertiary/aromatic N) is 1. The fraction of sp³-hybridized carbons (Fsp3) is 0.133. The Bertz CT molecular complexity index is 916. The van der Waals surface area contributed by atoms with Crippen LogP contribution in [0.2, 0.25) is 0 Å². The molecule has 8 heteroatoms. The van der Waals surface area contributed by atoms with Crippen LogP contribution in [0.5, 0.6) is 0 Å². The van der Waals surface area contributed by atoms with Crippen molar-refractivity contribution < 1.29 is 18.7 Å². The fourth-order valence-electron chi connectivity index (χ4n) is 2.18. The third kappa shape index (κ3) is 2.80. The first-order valence-corrected chi connectivity index (χ1v) is 7.45. The molecule has 23 heavy (non-hydrogen) atoms. The standard InChI is InChI=1S/C15H12FN3O3S/c1-7-12(14(21)22-2)23-15(18-7)19-13(20)10-6-17-11-5-8(16)3-4-9(10)11/h3-6,17H,1-2H3,(H,18,19,20). The predicted octanol–water partition coefficient (Wildman–Crippen LogP) is 3.11. The van der Waals surface area contributed by atoms with E-state index in [-0.39, 0.29) is 5.82 Å². The van der Waals surface area contributed by atoms with E-state index in [0.717, 1.165) is 11.3 Å². The van der Waals surface area contributed by atoms with Gasteiger partial charge in [-0.05, 0) is 25.1 Å². The Morgan fingerprint density at radius 1 is 1.39 bits per heavy atom. The number of carbonyl (C=O) groups excluding carboxylic acids is 2. The SMILES string of the molecule is COC(=O)c1sc(NC(=O)c2c[nH]c3cc(F)ccc23)nc1C. The van der Waals surface area contributed by atoms with Gasteiger partial charge in [-0.2, -0.15) is 0 Å². The lowest BCUT2D eigenvalue weighted by Crippen LogP contribution is -2.11. The largest absolute Gasteiger partial charge is 0.465 e. The number of halogens is 1. The van der Waals surface area contributed by atoms with Gasteiger partial charge in [-0.15, -0.1) is 0 Å². The number of thiazole rings is 1. The quantitative estimate of drug-likeness (QED) is 0.721. The molecule has 0 aliphatic heterocycles. The van der Waals surface area contributed by atoms with Gasteiger partial charge >= 0.3 is 5.97 Å². The van der Waals surface area contributed by atoms with Crippen LogP contribution in [0, 0.1) is 12.7 Å². The second kappa shape index (κ2) is 5.81. The molecule has 0 spiro atoms. The average molecular weight is 333 g/mol. The number of benzene rings is 1. The maximum absolute atomic E-state index is 13.2. The highest BCUT2D eigenvalue weighted by Crippen LogP contribution is 2.25. The van der Waals surface area contributed by atoms with Gasteiger partial charge < -0.3 is 9.72 Å². The summed E-state index contributed by atoms with van der Waals surface area (Å²) in [6.07, 6.45) is 1.50. The molecule has 2 N–H and O–H groups in total. The maximum Gasteiger partial charge on any atom is 0.350 e. The minimum absolute atomic E-state index is 0.296. The number of rotatable bonds is 3. The van der Waals surface area contributed by atoms with Crippen LogP contribution in [0.25, 0.3) is 10.9 Å². The van der Waals surface area contributed by atoms with Crippen molar-refractivity contribution in [3.8, 4) is 0 Å². The fourth-order valence-corrected chi connectivity index (χ4v) is 3.06. The molecule has 118 valence electrons. The number of H-pyrrole nitrogens is 1. The molecule has 2 aromatic heterocycles. The summed E-state index contributed by atoms with van der Waals surface area (Å²) in [5, 5.41) is 3.54. The number of methoxy groups -OCH3 is 1. The molecular formula is C15H12FN3O3S. The molecule has 0 aliphatic carbocycles. The lowest BCUT2D eigenvalue weighted by Gasteiger charge is -2.00. The van der Waals surface area contributed by atoms with Crippen LogP contribution in [0.4, 0.5) is 9.52 Å². The number of hydrogen-bond acceptors (Lipinski definition) is 5. The van der Waals surface area contributed by atoms with Gasteiger partial charge in [0, 0.05) is 17.1 Å². The molecular weight excluding hydrogens is 321 g/mol. The van der Waals surface area contributed by atoms with E-state index in [2.05, 4.69) is 20.0 Å². The molecule has 1 aromatic carbocycles. The topological polar surface area (TPSA) is 84.1 Å². The molecule has 1 amide bonds. The highest BCUT2D eigenvalue weighted by molar-refractivity contribution is 7.17. The van der Waals surface area contributed by atoms with E-state index < -0.39 is 11.9 Å². The van der Waals surface area contributed by atoms with Gasteiger partial charge in [-0.3, -0.25) is 10.1 Å². The smallest absolute Gasteiger partial charge is 0.350 e. The molecule has 3 rings (SSSR count). The van der Waals surface area contributed by atoms with Gasteiger partial charge in [0.15, 0.2) is 5.13 Å². The van der Waals surface area contributed by atoms with Crippen LogP contribution in [0.15, 0.2) is 24.4 Å². The van der Waals surface area contributed by atoms with Crippen molar-refractivity contribution in [2.75, 3.05) is 12.4 Å². The summed E-state index contributed by atoms with van der Waals surface area (Å²) in [5.74, 6) is -1.28. The number of amides is 1. The Morgan fingerprint density at radius 3 is 2.91 bits per heavy atom. The van der Waals surface area contributed by atoms with E-state index in [1.165, 1.54) is 31.5 Å². The van der Waals surface area contributed by atoms with Gasteiger partial charge in [-0.1, -0.05) is 11.3 Å². The number of anilines is 1. The number of aromatic amines is 1. The number of aryl methyl sites for hydroxylation is 1. The van der Waals surface area contributed by atoms with Crippen LogP contribution < -0.4 is 5.32 Å². The highest BCUT2D eigenvalue weighted by atomic mass is 32.1. The van der Waals surface area contributed by atoms with Gasteiger partial charge in [0.05, 0.1) is 18.4 Å². The number of ether oxygens (including phenoxy) is 1. The molecule has 0 radical (unpaired) electrons. The third-order valence-corrected chi connectivity index (χ3v) is 4.33. The molecule has 3 aromatic rings. The second-order valence-corrected chi connectivity index (χ2v) is 5.77. The summed E-state index contributed by atoms with van der Waals surface area (Å²) in [4.78, 5) is 31.2.